The standard InChI is InChI=1S/2C20H20N2O4/c2*1-3-25-19(23)14-5-8-17(9-6-14)22-12-16-11-15(20(24)26-4-2)7-10-18(16)21-13-22/h2*5-11,13H,3-4,12H2,1-2H3. The van der Waals surface area contributed by atoms with Gasteiger partial charge in [-0.05, 0) is 124 Å². The summed E-state index contributed by atoms with van der Waals surface area (Å²) in [6.45, 7) is 9.63. The molecule has 268 valence electrons. The molecule has 0 spiro atoms. The summed E-state index contributed by atoms with van der Waals surface area (Å²) in [5, 5.41) is 0. The lowest BCUT2D eigenvalue weighted by atomic mass is 10.1. The summed E-state index contributed by atoms with van der Waals surface area (Å²) in [7, 11) is 0. The molecule has 4 aromatic rings. The summed E-state index contributed by atoms with van der Waals surface area (Å²) < 4.78 is 20.1. The second kappa shape index (κ2) is 17.6. The molecule has 2 aliphatic heterocycles. The first-order valence-electron chi connectivity index (χ1n) is 17.0. The fraction of sp³-hybridized carbons (Fsp3) is 0.250. The SMILES string of the molecule is CCOC(=O)c1ccc(N2C=Nc3ccc(C(=O)OCC)cc3C2)cc1.CCOC(=O)c1ccc(N2C=Nc3ccc(C(=O)OCC)cc3C2)cc1. The number of ether oxygens (including phenoxy) is 4. The van der Waals surface area contributed by atoms with E-state index in [1.54, 1.807) is 76.8 Å². The van der Waals surface area contributed by atoms with E-state index < -0.39 is 0 Å². The first-order valence-corrected chi connectivity index (χ1v) is 17.0. The van der Waals surface area contributed by atoms with Gasteiger partial charge in [0.2, 0.25) is 0 Å². The number of benzene rings is 4. The van der Waals surface area contributed by atoms with Crippen molar-refractivity contribution >= 4 is 59.3 Å². The van der Waals surface area contributed by atoms with Crippen LogP contribution in [0.3, 0.4) is 0 Å². The Labute approximate surface area is 302 Å². The molecule has 0 N–H and O–H groups in total. The maximum absolute atomic E-state index is 11.9. The van der Waals surface area contributed by atoms with Gasteiger partial charge in [0, 0.05) is 11.4 Å². The molecule has 0 fully saturated rings. The van der Waals surface area contributed by atoms with Crippen molar-refractivity contribution in [1.29, 1.82) is 0 Å². The van der Waals surface area contributed by atoms with Crippen LogP contribution in [-0.2, 0) is 32.0 Å². The van der Waals surface area contributed by atoms with E-state index >= 15 is 0 Å². The molecule has 2 aliphatic rings. The first kappa shape index (κ1) is 37.0. The largest absolute Gasteiger partial charge is 0.462 e. The average Bonchev–Trinajstić information content (AvgIpc) is 3.17. The summed E-state index contributed by atoms with van der Waals surface area (Å²) in [4.78, 5) is 60.1. The van der Waals surface area contributed by atoms with Crippen LogP contribution in [0.2, 0.25) is 0 Å². The molecular weight excluding hydrogens is 664 g/mol. The molecule has 6 rings (SSSR count). The molecule has 0 saturated carbocycles. The zero-order chi connectivity index (χ0) is 37.0. The van der Waals surface area contributed by atoms with Crippen LogP contribution in [0.1, 0.15) is 80.3 Å². The average molecular weight is 705 g/mol. The Kier molecular flexibility index (Phi) is 12.5. The highest BCUT2D eigenvalue weighted by Crippen LogP contribution is 2.30. The molecule has 0 bridgehead atoms. The van der Waals surface area contributed by atoms with Gasteiger partial charge in [-0.2, -0.15) is 0 Å². The Bertz CT molecular complexity index is 1830. The minimum atomic E-state index is -0.338. The van der Waals surface area contributed by atoms with Crippen LogP contribution in [0.5, 0.6) is 0 Å². The molecule has 12 heteroatoms. The lowest BCUT2D eigenvalue weighted by molar-refractivity contribution is 0.0516. The molecule has 0 radical (unpaired) electrons. The minimum Gasteiger partial charge on any atom is -0.462 e. The lowest BCUT2D eigenvalue weighted by Crippen LogP contribution is -2.23. The molecule has 0 amide bonds. The predicted octanol–water partition coefficient (Wildman–Crippen LogP) is 7.44. The van der Waals surface area contributed by atoms with E-state index in [-0.39, 0.29) is 23.9 Å². The lowest BCUT2D eigenvalue weighted by Gasteiger charge is -2.24. The molecule has 0 aromatic heterocycles. The highest BCUT2D eigenvalue weighted by atomic mass is 16.5. The van der Waals surface area contributed by atoms with Crippen LogP contribution >= 0.6 is 0 Å². The number of fused-ring (bicyclic) bond motifs is 2. The Morgan fingerprint density at radius 2 is 0.788 bits per heavy atom. The van der Waals surface area contributed by atoms with Gasteiger partial charge in [0.25, 0.3) is 0 Å². The van der Waals surface area contributed by atoms with Gasteiger partial charge >= 0.3 is 23.9 Å². The molecule has 0 aliphatic carbocycles. The summed E-state index contributed by atoms with van der Waals surface area (Å²) in [5.74, 6) is -1.35. The van der Waals surface area contributed by atoms with Crippen molar-refractivity contribution in [2.75, 3.05) is 36.2 Å². The normalized spacial score (nSPS) is 12.5. The Balaban J connectivity index is 0.000000201. The van der Waals surface area contributed by atoms with Crippen LogP contribution in [0.25, 0.3) is 0 Å². The third kappa shape index (κ3) is 9.08. The van der Waals surface area contributed by atoms with Gasteiger partial charge in [-0.15, -0.1) is 0 Å². The van der Waals surface area contributed by atoms with Gasteiger partial charge in [-0.1, -0.05) is 0 Å². The summed E-state index contributed by atoms with van der Waals surface area (Å²) in [6.07, 6.45) is 3.48. The van der Waals surface area contributed by atoms with Gasteiger partial charge in [0.15, 0.2) is 0 Å². The summed E-state index contributed by atoms with van der Waals surface area (Å²) >= 11 is 0. The molecule has 0 saturated heterocycles. The smallest absolute Gasteiger partial charge is 0.338 e. The fourth-order valence-electron chi connectivity index (χ4n) is 5.39. The van der Waals surface area contributed by atoms with E-state index in [0.717, 1.165) is 33.9 Å². The van der Waals surface area contributed by atoms with Crippen LogP contribution in [0, 0.1) is 0 Å². The third-order valence-electron chi connectivity index (χ3n) is 7.96. The van der Waals surface area contributed by atoms with E-state index in [1.165, 1.54) is 0 Å². The molecular formula is C40H40N4O8. The Morgan fingerprint density at radius 1 is 0.481 bits per heavy atom. The summed E-state index contributed by atoms with van der Waals surface area (Å²) in [5.41, 5.74) is 7.38. The molecule has 12 nitrogen and oxygen atoms in total. The van der Waals surface area contributed by atoms with Gasteiger partial charge < -0.3 is 28.7 Å². The van der Waals surface area contributed by atoms with E-state index in [2.05, 4.69) is 9.98 Å². The topological polar surface area (TPSA) is 136 Å². The molecule has 52 heavy (non-hydrogen) atoms. The number of aliphatic imine (C=N–C) groups is 2. The number of nitrogens with zero attached hydrogens (tertiary/aromatic N) is 4. The zero-order valence-electron chi connectivity index (χ0n) is 29.5. The van der Waals surface area contributed by atoms with Gasteiger partial charge in [-0.3, -0.25) is 0 Å². The molecule has 0 atom stereocenters. The van der Waals surface area contributed by atoms with Crippen LogP contribution < -0.4 is 9.80 Å². The van der Waals surface area contributed by atoms with E-state index in [1.807, 2.05) is 58.3 Å². The van der Waals surface area contributed by atoms with Crippen molar-refractivity contribution in [3.8, 4) is 0 Å². The maximum atomic E-state index is 11.9. The van der Waals surface area contributed by atoms with Crippen LogP contribution in [0.15, 0.2) is 94.9 Å². The van der Waals surface area contributed by atoms with Crippen molar-refractivity contribution in [2.24, 2.45) is 9.98 Å². The first-order chi connectivity index (χ1) is 25.2. The Hall–Kier alpha value is -6.30. The monoisotopic (exact) mass is 704 g/mol. The second-order valence-corrected chi connectivity index (χ2v) is 11.4. The fourth-order valence-corrected chi connectivity index (χ4v) is 5.39. The summed E-state index contributed by atoms with van der Waals surface area (Å²) in [6, 6.07) is 25.0. The molecule has 2 heterocycles. The van der Waals surface area contributed by atoms with Crippen molar-refractivity contribution in [3.05, 3.63) is 118 Å². The number of anilines is 2. The van der Waals surface area contributed by atoms with Crippen molar-refractivity contribution in [1.82, 2.24) is 0 Å². The van der Waals surface area contributed by atoms with E-state index in [0.29, 0.717) is 61.8 Å². The molecule has 4 aromatic carbocycles. The third-order valence-corrected chi connectivity index (χ3v) is 7.96. The van der Waals surface area contributed by atoms with Crippen LogP contribution in [0.4, 0.5) is 22.7 Å². The highest BCUT2D eigenvalue weighted by Gasteiger charge is 2.19. The number of esters is 4. The number of hydrogen-bond acceptors (Lipinski definition) is 12. The zero-order valence-corrected chi connectivity index (χ0v) is 29.5. The van der Waals surface area contributed by atoms with Crippen molar-refractivity contribution < 1.29 is 38.1 Å². The minimum absolute atomic E-state index is 0.337. The molecule has 0 unspecified atom stereocenters. The van der Waals surface area contributed by atoms with E-state index in [4.69, 9.17) is 18.9 Å². The van der Waals surface area contributed by atoms with Crippen LogP contribution in [-0.4, -0.2) is 63.0 Å². The van der Waals surface area contributed by atoms with Gasteiger partial charge in [0.05, 0.1) is 85.8 Å². The van der Waals surface area contributed by atoms with Crippen molar-refractivity contribution in [3.63, 3.8) is 0 Å². The number of rotatable bonds is 10. The van der Waals surface area contributed by atoms with Gasteiger partial charge in [-0.25, -0.2) is 29.2 Å². The number of hydrogen-bond donors (Lipinski definition) is 0. The Morgan fingerprint density at radius 3 is 1.12 bits per heavy atom. The highest BCUT2D eigenvalue weighted by molar-refractivity contribution is 5.94. The number of carbonyl (C=O) groups is 4. The quantitative estimate of drug-likeness (QED) is 0.121. The number of carbonyl (C=O) groups excluding carboxylic acids is 4. The predicted molar refractivity (Wildman–Crippen MR) is 198 cm³/mol. The van der Waals surface area contributed by atoms with E-state index in [9.17, 15) is 19.2 Å². The second-order valence-electron chi connectivity index (χ2n) is 11.4. The van der Waals surface area contributed by atoms with Crippen molar-refractivity contribution in [2.45, 2.75) is 40.8 Å². The maximum Gasteiger partial charge on any atom is 0.338 e. The van der Waals surface area contributed by atoms with Gasteiger partial charge in [0.1, 0.15) is 0 Å².